The van der Waals surface area contributed by atoms with E-state index in [0.717, 1.165) is 11.9 Å². The Bertz CT molecular complexity index is 721. The molecule has 0 bridgehead atoms. The number of nitrogens with zero attached hydrogens (tertiary/aromatic N) is 2. The lowest BCUT2D eigenvalue weighted by Gasteiger charge is -2.28. The van der Waals surface area contributed by atoms with Gasteiger partial charge in [-0.3, -0.25) is 9.69 Å². The second-order valence-corrected chi connectivity index (χ2v) is 5.52. The van der Waals surface area contributed by atoms with Crippen molar-refractivity contribution in [3.05, 3.63) is 35.5 Å². The molecular formula is C14H13N3OS. The number of aromatic amines is 1. The zero-order chi connectivity index (χ0) is 13.1. The molecule has 1 aromatic heterocycles. The quantitative estimate of drug-likeness (QED) is 0.741. The fraction of sp³-hybridized carbons (Fsp3) is 0.286. The van der Waals surface area contributed by atoms with Gasteiger partial charge in [-0.25, -0.2) is 0 Å². The van der Waals surface area contributed by atoms with Crippen LogP contribution >= 0.6 is 12.2 Å². The van der Waals surface area contributed by atoms with Crippen LogP contribution in [0.4, 0.5) is 0 Å². The van der Waals surface area contributed by atoms with Crippen molar-refractivity contribution in [3.8, 4) is 0 Å². The van der Waals surface area contributed by atoms with Crippen LogP contribution in [0.5, 0.6) is 0 Å². The smallest absolute Gasteiger partial charge is 0.251 e. The third-order valence-corrected chi connectivity index (χ3v) is 4.66. The van der Waals surface area contributed by atoms with Crippen molar-refractivity contribution in [2.45, 2.75) is 19.0 Å². The number of carbonyl (C=O) groups excluding carboxylic acids is 1. The molecule has 4 rings (SSSR count). The van der Waals surface area contributed by atoms with E-state index in [4.69, 9.17) is 12.2 Å². The van der Waals surface area contributed by atoms with E-state index < -0.39 is 0 Å². The van der Waals surface area contributed by atoms with Crippen molar-refractivity contribution >= 4 is 34.1 Å². The Hall–Kier alpha value is -1.88. The number of amides is 1. The van der Waals surface area contributed by atoms with Crippen molar-refractivity contribution in [2.75, 3.05) is 7.05 Å². The van der Waals surface area contributed by atoms with Gasteiger partial charge in [0, 0.05) is 30.1 Å². The van der Waals surface area contributed by atoms with E-state index in [-0.39, 0.29) is 11.9 Å². The minimum Gasteiger partial charge on any atom is -0.357 e. The summed E-state index contributed by atoms with van der Waals surface area (Å²) in [4.78, 5) is 19.3. The summed E-state index contributed by atoms with van der Waals surface area (Å²) in [7, 11) is 1.76. The number of thiocarbonyl (C=S) groups is 1. The topological polar surface area (TPSA) is 39.3 Å². The molecule has 0 aliphatic carbocycles. The van der Waals surface area contributed by atoms with Crippen molar-refractivity contribution in [1.82, 2.24) is 14.8 Å². The van der Waals surface area contributed by atoms with Gasteiger partial charge in [-0.15, -0.1) is 0 Å². The Kier molecular flexibility index (Phi) is 2.07. The number of hydrogen-bond acceptors (Lipinski definition) is 2. The molecule has 1 amide bonds. The fourth-order valence-electron chi connectivity index (χ4n) is 3.14. The van der Waals surface area contributed by atoms with Crippen LogP contribution in [-0.2, 0) is 17.8 Å². The number of likely N-dealkylation sites (N-methyl/N-ethyl adjacent to an activating group) is 1. The van der Waals surface area contributed by atoms with E-state index in [1.807, 2.05) is 17.0 Å². The molecule has 2 aliphatic heterocycles. The van der Waals surface area contributed by atoms with E-state index in [1.54, 1.807) is 11.9 Å². The second kappa shape index (κ2) is 3.57. The van der Waals surface area contributed by atoms with Crippen molar-refractivity contribution in [2.24, 2.45) is 0 Å². The Morgan fingerprint density at radius 3 is 3.00 bits per heavy atom. The van der Waals surface area contributed by atoms with Crippen LogP contribution in [0, 0.1) is 0 Å². The molecule has 5 heteroatoms. The Morgan fingerprint density at radius 1 is 1.37 bits per heavy atom. The highest BCUT2D eigenvalue weighted by Crippen LogP contribution is 2.33. The summed E-state index contributed by atoms with van der Waals surface area (Å²) in [5.74, 6) is 0.112. The lowest BCUT2D eigenvalue weighted by molar-refractivity contribution is -0.127. The van der Waals surface area contributed by atoms with Crippen LogP contribution in [0.3, 0.4) is 0 Å². The van der Waals surface area contributed by atoms with Crippen molar-refractivity contribution in [1.29, 1.82) is 0 Å². The van der Waals surface area contributed by atoms with Crippen LogP contribution in [0.25, 0.3) is 10.9 Å². The Labute approximate surface area is 116 Å². The molecule has 0 unspecified atom stereocenters. The van der Waals surface area contributed by atoms with Gasteiger partial charge in [0.05, 0.1) is 6.54 Å². The first-order chi connectivity index (χ1) is 9.16. The van der Waals surface area contributed by atoms with Gasteiger partial charge in [-0.2, -0.15) is 0 Å². The van der Waals surface area contributed by atoms with Crippen LogP contribution in [0.2, 0.25) is 0 Å². The minimum absolute atomic E-state index is 0.112. The predicted molar refractivity (Wildman–Crippen MR) is 76.7 cm³/mol. The molecule has 1 N–H and O–H groups in total. The number of benzene rings is 1. The lowest BCUT2D eigenvalue weighted by Crippen LogP contribution is -2.39. The predicted octanol–water partition coefficient (Wildman–Crippen LogP) is 1.65. The molecule has 1 saturated heterocycles. The van der Waals surface area contributed by atoms with E-state index >= 15 is 0 Å². The van der Waals surface area contributed by atoms with Gasteiger partial charge in [-0.05, 0) is 23.8 Å². The molecule has 2 aromatic rings. The summed E-state index contributed by atoms with van der Waals surface area (Å²) in [5.41, 5.74) is 3.59. The maximum absolute atomic E-state index is 12.2. The summed E-state index contributed by atoms with van der Waals surface area (Å²) in [6.45, 7) is 0.698. The molecule has 3 heterocycles. The molecule has 1 aromatic carbocycles. The first-order valence-electron chi connectivity index (χ1n) is 6.33. The van der Waals surface area contributed by atoms with Gasteiger partial charge in [0.2, 0.25) is 0 Å². The number of hydrogen-bond donors (Lipinski definition) is 1. The highest BCUT2D eigenvalue weighted by Gasteiger charge is 2.43. The van der Waals surface area contributed by atoms with Gasteiger partial charge in [0.15, 0.2) is 5.11 Å². The first-order valence-corrected chi connectivity index (χ1v) is 6.74. The molecule has 0 spiro atoms. The zero-order valence-electron chi connectivity index (χ0n) is 10.5. The van der Waals surface area contributed by atoms with Crippen LogP contribution < -0.4 is 0 Å². The maximum Gasteiger partial charge on any atom is 0.251 e. The van der Waals surface area contributed by atoms with Gasteiger partial charge < -0.3 is 9.88 Å². The minimum atomic E-state index is -0.121. The first kappa shape index (κ1) is 11.0. The van der Waals surface area contributed by atoms with E-state index in [9.17, 15) is 4.79 Å². The highest BCUT2D eigenvalue weighted by atomic mass is 32.1. The van der Waals surface area contributed by atoms with E-state index in [2.05, 4.69) is 17.1 Å². The molecule has 96 valence electrons. The molecular weight excluding hydrogens is 258 g/mol. The Balaban J connectivity index is 1.87. The summed E-state index contributed by atoms with van der Waals surface area (Å²) < 4.78 is 0. The van der Waals surface area contributed by atoms with Crippen LogP contribution in [-0.4, -0.2) is 38.9 Å². The standard InChI is InChI=1S/C14H13N3OS/c1-16-13(18)12-6-9-8-4-2-3-5-10(8)15-11(9)7-17(12)14(16)19/h2-5,12,15H,6-7H2,1H3/t12-/m0/s1. The highest BCUT2D eigenvalue weighted by molar-refractivity contribution is 7.80. The summed E-state index contributed by atoms with van der Waals surface area (Å²) in [5, 5.41) is 1.87. The van der Waals surface area contributed by atoms with Crippen molar-refractivity contribution in [3.63, 3.8) is 0 Å². The van der Waals surface area contributed by atoms with Gasteiger partial charge in [0.1, 0.15) is 6.04 Å². The number of nitrogens with one attached hydrogen (secondary N) is 1. The fourth-order valence-corrected chi connectivity index (χ4v) is 3.42. The summed E-state index contributed by atoms with van der Waals surface area (Å²) >= 11 is 5.34. The van der Waals surface area contributed by atoms with Crippen molar-refractivity contribution < 1.29 is 4.79 Å². The largest absolute Gasteiger partial charge is 0.357 e. The molecule has 1 fully saturated rings. The SMILES string of the molecule is CN1C(=O)[C@@H]2Cc3c([nH]c4ccccc34)CN2C1=S. The monoisotopic (exact) mass is 271 g/mol. The number of para-hydroxylation sites is 1. The molecule has 1 atom stereocenters. The third-order valence-electron chi connectivity index (χ3n) is 4.15. The maximum atomic E-state index is 12.2. The van der Waals surface area contributed by atoms with Crippen LogP contribution in [0.15, 0.2) is 24.3 Å². The van der Waals surface area contributed by atoms with Gasteiger partial charge in [-0.1, -0.05) is 18.2 Å². The molecule has 19 heavy (non-hydrogen) atoms. The lowest BCUT2D eigenvalue weighted by atomic mass is 9.97. The summed E-state index contributed by atoms with van der Waals surface area (Å²) in [6.07, 6.45) is 0.739. The summed E-state index contributed by atoms with van der Waals surface area (Å²) in [6, 6.07) is 8.13. The number of H-pyrrole nitrogens is 1. The average Bonchev–Trinajstić information content (AvgIpc) is 2.89. The van der Waals surface area contributed by atoms with Gasteiger partial charge in [0.25, 0.3) is 5.91 Å². The number of aromatic nitrogens is 1. The van der Waals surface area contributed by atoms with Crippen LogP contribution in [0.1, 0.15) is 11.3 Å². The molecule has 0 radical (unpaired) electrons. The number of fused-ring (bicyclic) bond motifs is 4. The molecule has 2 aliphatic rings. The second-order valence-electron chi connectivity index (χ2n) is 5.16. The van der Waals surface area contributed by atoms with E-state index in [0.29, 0.717) is 11.7 Å². The normalized spacial score (nSPS) is 22.1. The average molecular weight is 271 g/mol. The number of carbonyl (C=O) groups is 1. The van der Waals surface area contributed by atoms with E-state index in [1.165, 1.54) is 16.6 Å². The van der Waals surface area contributed by atoms with Gasteiger partial charge >= 0.3 is 0 Å². The Morgan fingerprint density at radius 2 is 2.16 bits per heavy atom. The molecule has 0 saturated carbocycles. The third kappa shape index (κ3) is 1.33. The zero-order valence-corrected chi connectivity index (χ0v) is 11.3. The molecule has 4 nitrogen and oxygen atoms in total. The number of rotatable bonds is 0.